The zero-order chi connectivity index (χ0) is 27.7. The van der Waals surface area contributed by atoms with E-state index >= 15 is 0 Å². The lowest BCUT2D eigenvalue weighted by Gasteiger charge is -2.49. The predicted octanol–water partition coefficient (Wildman–Crippen LogP) is 8.24. The zero-order valence-electron chi connectivity index (χ0n) is 23.2. The smallest absolute Gasteiger partial charge is 0.183 e. The highest BCUT2D eigenvalue weighted by atomic mass is 16.8. The molecule has 2 saturated heterocycles. The molecule has 2 spiro atoms. The van der Waals surface area contributed by atoms with Crippen molar-refractivity contribution >= 4 is 28.1 Å². The Morgan fingerprint density at radius 1 is 0.585 bits per heavy atom. The summed E-state index contributed by atoms with van der Waals surface area (Å²) in [6.07, 6.45) is 2.78. The third-order valence-corrected chi connectivity index (χ3v) is 9.80. The predicted molar refractivity (Wildman–Crippen MR) is 162 cm³/mol. The van der Waals surface area contributed by atoms with E-state index in [4.69, 9.17) is 9.47 Å². The molecule has 202 valence electrons. The lowest BCUT2D eigenvalue weighted by Crippen LogP contribution is -2.60. The van der Waals surface area contributed by atoms with Crippen LogP contribution in [0.25, 0.3) is 22.3 Å². The molecule has 4 aromatic carbocycles. The van der Waals surface area contributed by atoms with Crippen LogP contribution in [0.1, 0.15) is 54.9 Å². The van der Waals surface area contributed by atoms with E-state index in [2.05, 4.69) is 104 Å². The molecule has 3 fully saturated rings. The fourth-order valence-corrected chi connectivity index (χ4v) is 7.93. The lowest BCUT2D eigenvalue weighted by atomic mass is 9.63. The maximum absolute atomic E-state index is 14.7. The Labute approximate surface area is 241 Å². The third kappa shape index (κ3) is 3.25. The molecule has 3 atom stereocenters. The van der Waals surface area contributed by atoms with Crippen LogP contribution in [0.15, 0.2) is 121 Å². The Balaban J connectivity index is 1.54. The molecule has 2 aliphatic heterocycles. The number of rotatable bonds is 4. The van der Waals surface area contributed by atoms with Gasteiger partial charge in [-0.05, 0) is 53.2 Å². The van der Waals surface area contributed by atoms with Gasteiger partial charge in [-0.15, -0.1) is 0 Å². The molecule has 0 aromatic heterocycles. The molecular formula is C38H32O3. The van der Waals surface area contributed by atoms with Crippen LogP contribution >= 0.6 is 0 Å². The Morgan fingerprint density at radius 3 is 1.46 bits per heavy atom. The summed E-state index contributed by atoms with van der Waals surface area (Å²) in [5.74, 6) is -0.770. The quantitative estimate of drug-likeness (QED) is 0.264. The van der Waals surface area contributed by atoms with E-state index in [-0.39, 0.29) is 5.78 Å². The summed E-state index contributed by atoms with van der Waals surface area (Å²) >= 11 is 0. The van der Waals surface area contributed by atoms with Gasteiger partial charge in [0.15, 0.2) is 23.3 Å². The average Bonchev–Trinajstić information content (AvgIpc) is 3.61. The molecule has 2 bridgehead atoms. The molecule has 0 unspecified atom stereocenters. The van der Waals surface area contributed by atoms with Gasteiger partial charge in [0.1, 0.15) is 0 Å². The highest BCUT2D eigenvalue weighted by Gasteiger charge is 2.79. The molecule has 3 heteroatoms. The molecule has 1 saturated carbocycles. The topological polar surface area (TPSA) is 35.5 Å². The normalized spacial score (nSPS) is 28.0. The van der Waals surface area contributed by atoms with E-state index in [1.807, 2.05) is 24.3 Å². The monoisotopic (exact) mass is 536 g/mol. The van der Waals surface area contributed by atoms with Gasteiger partial charge >= 0.3 is 0 Å². The number of ketones is 1. The SMILES string of the molecule is C[C@]12CCCC[C@@]13O[C@@H](C2=O)C1(O3)C(c2ccccc2)=C(c2ccccc2)C(c2ccccc2)=C1c1ccccc1. The van der Waals surface area contributed by atoms with Gasteiger partial charge in [0.2, 0.25) is 0 Å². The summed E-state index contributed by atoms with van der Waals surface area (Å²) in [6.45, 7) is 2.07. The Kier molecular flexibility index (Phi) is 5.41. The van der Waals surface area contributed by atoms with Crippen molar-refractivity contribution in [3.8, 4) is 0 Å². The fourth-order valence-electron chi connectivity index (χ4n) is 7.93. The molecular weight excluding hydrogens is 504 g/mol. The van der Waals surface area contributed by atoms with Gasteiger partial charge in [-0.3, -0.25) is 4.79 Å². The number of fused-ring (bicyclic) bond motifs is 2. The van der Waals surface area contributed by atoms with Crippen molar-refractivity contribution in [2.75, 3.05) is 0 Å². The summed E-state index contributed by atoms with van der Waals surface area (Å²) in [4.78, 5) is 14.7. The van der Waals surface area contributed by atoms with Crippen LogP contribution < -0.4 is 0 Å². The third-order valence-electron chi connectivity index (χ3n) is 9.80. The van der Waals surface area contributed by atoms with Crippen LogP contribution in [0.5, 0.6) is 0 Å². The Morgan fingerprint density at radius 2 is 1.00 bits per heavy atom. The molecule has 3 nitrogen and oxygen atoms in total. The van der Waals surface area contributed by atoms with E-state index in [0.29, 0.717) is 0 Å². The van der Waals surface area contributed by atoms with Gasteiger partial charge in [0.25, 0.3) is 0 Å². The van der Waals surface area contributed by atoms with Crippen LogP contribution in [0.3, 0.4) is 0 Å². The summed E-state index contributed by atoms with van der Waals surface area (Å²) in [5, 5.41) is 0. The van der Waals surface area contributed by atoms with Crippen molar-refractivity contribution in [3.63, 3.8) is 0 Å². The minimum atomic E-state index is -1.09. The van der Waals surface area contributed by atoms with Gasteiger partial charge in [0.05, 0.1) is 5.41 Å². The summed E-state index contributed by atoms with van der Waals surface area (Å²) in [5.41, 5.74) is 6.78. The minimum absolute atomic E-state index is 0.173. The molecule has 0 radical (unpaired) electrons. The largest absolute Gasteiger partial charge is 0.334 e. The van der Waals surface area contributed by atoms with Crippen LogP contribution in [-0.2, 0) is 14.3 Å². The first-order valence-electron chi connectivity index (χ1n) is 14.7. The van der Waals surface area contributed by atoms with Crippen molar-refractivity contribution in [3.05, 3.63) is 144 Å². The van der Waals surface area contributed by atoms with Crippen LogP contribution in [0.4, 0.5) is 0 Å². The zero-order valence-corrected chi connectivity index (χ0v) is 23.2. The second kappa shape index (κ2) is 8.97. The van der Waals surface area contributed by atoms with Gasteiger partial charge in [0, 0.05) is 17.6 Å². The van der Waals surface area contributed by atoms with Crippen molar-refractivity contribution in [2.45, 2.75) is 50.1 Å². The van der Waals surface area contributed by atoms with Crippen LogP contribution in [-0.4, -0.2) is 23.3 Å². The van der Waals surface area contributed by atoms with E-state index in [9.17, 15) is 4.79 Å². The van der Waals surface area contributed by atoms with E-state index in [0.717, 1.165) is 70.2 Å². The molecule has 2 heterocycles. The second-order valence-electron chi connectivity index (χ2n) is 12.0. The summed E-state index contributed by atoms with van der Waals surface area (Å²) in [7, 11) is 0. The van der Waals surface area contributed by atoms with Crippen molar-refractivity contribution in [1.82, 2.24) is 0 Å². The molecule has 41 heavy (non-hydrogen) atoms. The first kappa shape index (κ1) is 24.7. The number of benzene rings is 4. The Bertz CT molecular complexity index is 1610. The highest BCUT2D eigenvalue weighted by molar-refractivity contribution is 6.32. The first-order chi connectivity index (χ1) is 20.1. The van der Waals surface area contributed by atoms with Crippen LogP contribution in [0.2, 0.25) is 0 Å². The Hall–Kier alpha value is -4.05. The maximum Gasteiger partial charge on any atom is 0.183 e. The first-order valence-corrected chi connectivity index (χ1v) is 14.7. The second-order valence-corrected chi connectivity index (χ2v) is 12.0. The standard InChI is InChI=1S/C38H32O3/c1-36-24-14-15-25-37(36)40-35(34(36)39)38(41-37)32(28-20-10-4-11-21-28)30(26-16-6-2-7-17-26)31(27-18-8-3-9-19-27)33(38)29-22-12-5-13-23-29/h2-13,16-23,35H,14-15,24-25H2,1H3/t35-,36+,37-/m0/s1. The molecule has 0 N–H and O–H groups in total. The van der Waals surface area contributed by atoms with Crippen molar-refractivity contribution < 1.29 is 14.3 Å². The lowest BCUT2D eigenvalue weighted by molar-refractivity contribution is -0.235. The number of hydrogen-bond donors (Lipinski definition) is 0. The number of allylic oxidation sites excluding steroid dienone is 2. The number of Topliss-reactive ketones (excluding diaryl/α,β-unsaturated/α-hetero) is 1. The molecule has 4 aromatic rings. The number of carbonyl (C=O) groups excluding carboxylic acids is 1. The van der Waals surface area contributed by atoms with Crippen molar-refractivity contribution in [2.24, 2.45) is 5.41 Å². The van der Waals surface area contributed by atoms with Gasteiger partial charge in [-0.25, -0.2) is 0 Å². The number of hydrogen-bond acceptors (Lipinski definition) is 3. The summed E-state index contributed by atoms with van der Waals surface area (Å²) in [6, 6.07) is 42.1. The highest BCUT2D eigenvalue weighted by Crippen LogP contribution is 2.71. The molecule has 0 amide bonds. The van der Waals surface area contributed by atoms with E-state index < -0.39 is 22.9 Å². The maximum atomic E-state index is 14.7. The minimum Gasteiger partial charge on any atom is -0.334 e. The fraction of sp³-hybridized carbons (Fsp3) is 0.237. The van der Waals surface area contributed by atoms with Gasteiger partial charge < -0.3 is 9.47 Å². The average molecular weight is 537 g/mol. The van der Waals surface area contributed by atoms with Crippen molar-refractivity contribution in [1.29, 1.82) is 0 Å². The number of carbonyl (C=O) groups is 1. The van der Waals surface area contributed by atoms with E-state index in [1.165, 1.54) is 0 Å². The molecule has 8 rings (SSSR count). The van der Waals surface area contributed by atoms with Gasteiger partial charge in [-0.2, -0.15) is 0 Å². The van der Waals surface area contributed by atoms with Gasteiger partial charge in [-0.1, -0.05) is 128 Å². The van der Waals surface area contributed by atoms with Crippen LogP contribution in [0, 0.1) is 5.41 Å². The van der Waals surface area contributed by atoms with E-state index in [1.54, 1.807) is 0 Å². The molecule has 4 aliphatic rings. The number of ether oxygens (including phenoxy) is 2. The summed E-state index contributed by atoms with van der Waals surface area (Å²) < 4.78 is 14.5. The molecule has 2 aliphatic carbocycles.